The van der Waals surface area contributed by atoms with Crippen molar-refractivity contribution >= 4 is 23.2 Å². The molecule has 1 N–H and O–H groups in total. The summed E-state index contributed by atoms with van der Waals surface area (Å²) in [6, 6.07) is 10.7. The molecule has 94 valence electrons. The lowest BCUT2D eigenvalue weighted by atomic mass is 10.2. The molecular weight excluding hydrogens is 271 g/mol. The molecule has 0 saturated heterocycles. The van der Waals surface area contributed by atoms with E-state index in [1.165, 1.54) is 0 Å². The van der Waals surface area contributed by atoms with Crippen LogP contribution in [0.15, 0.2) is 36.4 Å². The number of aliphatic hydroxyl groups is 1. The first-order chi connectivity index (χ1) is 8.60. The third-order valence-electron chi connectivity index (χ3n) is 2.49. The van der Waals surface area contributed by atoms with Gasteiger partial charge in [0.2, 0.25) is 0 Å². The van der Waals surface area contributed by atoms with Crippen molar-refractivity contribution in [2.45, 2.75) is 13.5 Å². The van der Waals surface area contributed by atoms with Gasteiger partial charge in [-0.15, -0.1) is 0 Å². The number of ether oxygens (including phenoxy) is 1. The normalized spacial score (nSPS) is 10.4. The van der Waals surface area contributed by atoms with Gasteiger partial charge < -0.3 is 9.84 Å². The molecule has 0 aromatic heterocycles. The molecule has 2 nitrogen and oxygen atoms in total. The Kier molecular flexibility index (Phi) is 4.12. The van der Waals surface area contributed by atoms with Crippen LogP contribution < -0.4 is 4.74 Å². The first kappa shape index (κ1) is 13.2. The Morgan fingerprint density at radius 3 is 2.44 bits per heavy atom. The Hall–Kier alpha value is -1.22. The van der Waals surface area contributed by atoms with Crippen LogP contribution in [0.5, 0.6) is 11.5 Å². The summed E-state index contributed by atoms with van der Waals surface area (Å²) in [6.45, 7) is 1.91. The summed E-state index contributed by atoms with van der Waals surface area (Å²) >= 11 is 12.1. The Bertz CT molecular complexity index is 568. The van der Waals surface area contributed by atoms with Gasteiger partial charge in [-0.2, -0.15) is 0 Å². The van der Waals surface area contributed by atoms with Crippen molar-refractivity contribution in [3.8, 4) is 11.5 Å². The minimum absolute atomic E-state index is 0.0504. The van der Waals surface area contributed by atoms with Crippen molar-refractivity contribution < 1.29 is 9.84 Å². The molecule has 2 aromatic rings. The van der Waals surface area contributed by atoms with E-state index in [-0.39, 0.29) is 6.61 Å². The number of hydrogen-bond acceptors (Lipinski definition) is 2. The van der Waals surface area contributed by atoms with E-state index in [0.717, 1.165) is 11.1 Å². The molecule has 0 amide bonds. The lowest BCUT2D eigenvalue weighted by Gasteiger charge is -2.10. The highest BCUT2D eigenvalue weighted by atomic mass is 35.5. The second-order valence-electron chi connectivity index (χ2n) is 3.96. The SMILES string of the molecule is Cc1ccc(Cl)c(Oc2ccc(CO)cc2Cl)c1. The van der Waals surface area contributed by atoms with Crippen LogP contribution in [-0.2, 0) is 6.61 Å². The van der Waals surface area contributed by atoms with Gasteiger partial charge in [0.25, 0.3) is 0 Å². The third-order valence-corrected chi connectivity index (χ3v) is 3.09. The highest BCUT2D eigenvalue weighted by Crippen LogP contribution is 2.34. The van der Waals surface area contributed by atoms with E-state index in [0.29, 0.717) is 21.5 Å². The van der Waals surface area contributed by atoms with Crippen LogP contribution in [0.1, 0.15) is 11.1 Å². The molecule has 2 aromatic carbocycles. The van der Waals surface area contributed by atoms with E-state index < -0.39 is 0 Å². The molecule has 0 aliphatic heterocycles. The van der Waals surface area contributed by atoms with Crippen LogP contribution in [0.2, 0.25) is 10.0 Å². The minimum Gasteiger partial charge on any atom is -0.454 e. The maximum atomic E-state index is 9.00. The van der Waals surface area contributed by atoms with E-state index in [1.807, 2.05) is 19.1 Å². The molecule has 4 heteroatoms. The summed E-state index contributed by atoms with van der Waals surface area (Å²) in [5, 5.41) is 9.98. The lowest BCUT2D eigenvalue weighted by molar-refractivity contribution is 0.281. The monoisotopic (exact) mass is 282 g/mol. The Labute approximate surface area is 116 Å². The van der Waals surface area contributed by atoms with E-state index in [1.54, 1.807) is 24.3 Å². The van der Waals surface area contributed by atoms with Gasteiger partial charge in [0.1, 0.15) is 11.5 Å². The van der Waals surface area contributed by atoms with Gasteiger partial charge in [-0.25, -0.2) is 0 Å². The Morgan fingerprint density at radius 2 is 1.78 bits per heavy atom. The summed E-state index contributed by atoms with van der Waals surface area (Å²) in [6.07, 6.45) is 0. The molecule has 0 fully saturated rings. The summed E-state index contributed by atoms with van der Waals surface area (Å²) in [7, 11) is 0. The molecule has 0 saturated carbocycles. The smallest absolute Gasteiger partial charge is 0.146 e. The highest BCUT2D eigenvalue weighted by Gasteiger charge is 2.07. The topological polar surface area (TPSA) is 29.5 Å². The standard InChI is InChI=1S/C14H12Cl2O2/c1-9-2-4-11(15)14(6-9)18-13-5-3-10(8-17)7-12(13)16/h2-7,17H,8H2,1H3. The number of hydrogen-bond donors (Lipinski definition) is 1. The quantitative estimate of drug-likeness (QED) is 0.893. The molecule has 0 aliphatic carbocycles. The van der Waals surface area contributed by atoms with Crippen LogP contribution in [0.3, 0.4) is 0 Å². The number of aliphatic hydroxyl groups excluding tert-OH is 1. The van der Waals surface area contributed by atoms with Crippen LogP contribution >= 0.6 is 23.2 Å². The van der Waals surface area contributed by atoms with Crippen molar-refractivity contribution in [2.75, 3.05) is 0 Å². The van der Waals surface area contributed by atoms with Crippen molar-refractivity contribution in [3.05, 3.63) is 57.6 Å². The molecule has 18 heavy (non-hydrogen) atoms. The van der Waals surface area contributed by atoms with Gasteiger partial charge in [0, 0.05) is 0 Å². The van der Waals surface area contributed by atoms with E-state index in [2.05, 4.69) is 0 Å². The molecule has 0 bridgehead atoms. The fourth-order valence-corrected chi connectivity index (χ4v) is 1.93. The first-order valence-electron chi connectivity index (χ1n) is 5.43. The maximum Gasteiger partial charge on any atom is 0.146 e. The molecule has 0 atom stereocenters. The molecule has 0 aliphatic rings. The molecule has 0 unspecified atom stereocenters. The predicted molar refractivity (Wildman–Crippen MR) is 73.6 cm³/mol. The van der Waals surface area contributed by atoms with Gasteiger partial charge in [0.15, 0.2) is 0 Å². The summed E-state index contributed by atoms with van der Waals surface area (Å²) < 4.78 is 5.67. The second kappa shape index (κ2) is 5.61. The van der Waals surface area contributed by atoms with E-state index in [4.69, 9.17) is 33.0 Å². The van der Waals surface area contributed by atoms with E-state index >= 15 is 0 Å². The van der Waals surface area contributed by atoms with Crippen LogP contribution in [0, 0.1) is 6.92 Å². The van der Waals surface area contributed by atoms with Crippen molar-refractivity contribution in [3.63, 3.8) is 0 Å². The third kappa shape index (κ3) is 2.96. The molecular formula is C14H12Cl2O2. The average Bonchev–Trinajstić information content (AvgIpc) is 2.36. The highest BCUT2D eigenvalue weighted by molar-refractivity contribution is 6.32. The molecule has 0 radical (unpaired) electrons. The van der Waals surface area contributed by atoms with Gasteiger partial charge in [-0.05, 0) is 42.3 Å². The zero-order valence-corrected chi connectivity index (χ0v) is 11.3. The summed E-state index contributed by atoms with van der Waals surface area (Å²) in [5.41, 5.74) is 1.79. The average molecular weight is 283 g/mol. The fraction of sp³-hybridized carbons (Fsp3) is 0.143. The zero-order valence-electron chi connectivity index (χ0n) is 9.78. The minimum atomic E-state index is -0.0504. The van der Waals surface area contributed by atoms with Crippen LogP contribution in [0.25, 0.3) is 0 Å². The molecule has 2 rings (SSSR count). The van der Waals surface area contributed by atoms with Crippen molar-refractivity contribution in [1.82, 2.24) is 0 Å². The van der Waals surface area contributed by atoms with Crippen LogP contribution in [0.4, 0.5) is 0 Å². The van der Waals surface area contributed by atoms with Gasteiger partial charge in [0.05, 0.1) is 16.7 Å². The van der Waals surface area contributed by atoms with Crippen molar-refractivity contribution in [1.29, 1.82) is 0 Å². The molecule has 0 heterocycles. The number of rotatable bonds is 3. The molecule has 0 spiro atoms. The largest absolute Gasteiger partial charge is 0.454 e. The van der Waals surface area contributed by atoms with Gasteiger partial charge >= 0.3 is 0 Å². The summed E-state index contributed by atoms with van der Waals surface area (Å²) in [5.74, 6) is 1.08. The summed E-state index contributed by atoms with van der Waals surface area (Å²) in [4.78, 5) is 0. The maximum absolute atomic E-state index is 9.00. The van der Waals surface area contributed by atoms with Crippen molar-refractivity contribution in [2.24, 2.45) is 0 Å². The lowest BCUT2D eigenvalue weighted by Crippen LogP contribution is -1.89. The number of benzene rings is 2. The van der Waals surface area contributed by atoms with Gasteiger partial charge in [-0.1, -0.05) is 35.3 Å². The Morgan fingerprint density at radius 1 is 1.00 bits per heavy atom. The van der Waals surface area contributed by atoms with Crippen LogP contribution in [-0.4, -0.2) is 5.11 Å². The fourth-order valence-electron chi connectivity index (χ4n) is 1.53. The number of halogens is 2. The second-order valence-corrected chi connectivity index (χ2v) is 4.77. The van der Waals surface area contributed by atoms with E-state index in [9.17, 15) is 0 Å². The first-order valence-corrected chi connectivity index (χ1v) is 6.19. The van der Waals surface area contributed by atoms with Gasteiger partial charge in [-0.3, -0.25) is 0 Å². The zero-order chi connectivity index (χ0) is 13.1. The predicted octanol–water partition coefficient (Wildman–Crippen LogP) is 4.59. The Balaban J connectivity index is 2.31. The number of aryl methyl sites for hydroxylation is 1.